The predicted octanol–water partition coefficient (Wildman–Crippen LogP) is 2.77. The van der Waals surface area contributed by atoms with Crippen LogP contribution < -0.4 is 5.32 Å². The number of nitrogens with zero attached hydrogens (tertiary/aromatic N) is 3. The van der Waals surface area contributed by atoms with Crippen LogP contribution in [0.3, 0.4) is 0 Å². The molecule has 0 radical (unpaired) electrons. The standard InChI is InChI=1S/C17H20N4O3/c22-17(9-10-20-12-14(11-18-20)21(23)24)19-16-8-4-2-6-13-5-1-3-7-15(13)16/h1,3,5,7,11-12,16H,2,4,6,8-10H2,(H,19,22). The van der Waals surface area contributed by atoms with Gasteiger partial charge >= 0.3 is 5.69 Å². The van der Waals surface area contributed by atoms with Gasteiger partial charge in [0.2, 0.25) is 5.91 Å². The first kappa shape index (κ1) is 16.2. The fourth-order valence-electron chi connectivity index (χ4n) is 3.12. The van der Waals surface area contributed by atoms with Crippen molar-refractivity contribution >= 4 is 11.6 Å². The van der Waals surface area contributed by atoms with E-state index in [-0.39, 0.29) is 24.1 Å². The molecule has 1 amide bonds. The molecule has 0 saturated heterocycles. The maximum Gasteiger partial charge on any atom is 0.306 e. The Hall–Kier alpha value is -2.70. The van der Waals surface area contributed by atoms with E-state index in [1.54, 1.807) is 0 Å². The molecule has 1 heterocycles. The van der Waals surface area contributed by atoms with Crippen LogP contribution in [0.1, 0.15) is 42.9 Å². The van der Waals surface area contributed by atoms with Crippen molar-refractivity contribution in [2.45, 2.75) is 44.7 Å². The molecule has 0 aliphatic heterocycles. The lowest BCUT2D eigenvalue weighted by Gasteiger charge is -2.19. The molecule has 0 spiro atoms. The predicted molar refractivity (Wildman–Crippen MR) is 88.4 cm³/mol. The van der Waals surface area contributed by atoms with Gasteiger partial charge in [-0.15, -0.1) is 0 Å². The van der Waals surface area contributed by atoms with Gasteiger partial charge in [0.25, 0.3) is 0 Å². The Bertz CT molecular complexity index is 741. The van der Waals surface area contributed by atoms with Gasteiger partial charge in [0, 0.05) is 13.0 Å². The number of aryl methyl sites for hydroxylation is 2. The highest BCUT2D eigenvalue weighted by molar-refractivity contribution is 5.76. The number of nitrogens with one attached hydrogen (secondary N) is 1. The van der Waals surface area contributed by atoms with E-state index >= 15 is 0 Å². The number of hydrogen-bond acceptors (Lipinski definition) is 4. The van der Waals surface area contributed by atoms with Crippen molar-refractivity contribution in [3.05, 3.63) is 57.9 Å². The molecule has 1 unspecified atom stereocenters. The molecular weight excluding hydrogens is 308 g/mol. The van der Waals surface area contributed by atoms with Gasteiger partial charge in [-0.2, -0.15) is 5.10 Å². The first-order valence-electron chi connectivity index (χ1n) is 8.17. The van der Waals surface area contributed by atoms with E-state index in [4.69, 9.17) is 0 Å². The molecule has 0 saturated carbocycles. The highest BCUT2D eigenvalue weighted by Crippen LogP contribution is 2.28. The maximum absolute atomic E-state index is 12.3. The summed E-state index contributed by atoms with van der Waals surface area (Å²) in [6.45, 7) is 0.327. The van der Waals surface area contributed by atoms with Crippen molar-refractivity contribution in [2.75, 3.05) is 0 Å². The zero-order valence-corrected chi connectivity index (χ0v) is 13.4. The fourth-order valence-corrected chi connectivity index (χ4v) is 3.12. The van der Waals surface area contributed by atoms with Gasteiger partial charge in [-0.25, -0.2) is 0 Å². The molecule has 0 fully saturated rings. The van der Waals surface area contributed by atoms with Crippen LogP contribution in [-0.2, 0) is 17.8 Å². The molecule has 1 aromatic carbocycles. The summed E-state index contributed by atoms with van der Waals surface area (Å²) in [5.41, 5.74) is 2.45. The van der Waals surface area contributed by atoms with Gasteiger partial charge in [0.15, 0.2) is 0 Å². The Kier molecular flexibility index (Phi) is 4.88. The molecule has 126 valence electrons. The van der Waals surface area contributed by atoms with Crippen LogP contribution in [0.15, 0.2) is 36.7 Å². The van der Waals surface area contributed by atoms with E-state index in [1.807, 2.05) is 12.1 Å². The topological polar surface area (TPSA) is 90.1 Å². The van der Waals surface area contributed by atoms with Crippen LogP contribution in [0.5, 0.6) is 0 Å². The maximum atomic E-state index is 12.3. The Labute approximate surface area is 139 Å². The van der Waals surface area contributed by atoms with Crippen LogP contribution in [0.2, 0.25) is 0 Å². The van der Waals surface area contributed by atoms with Gasteiger partial charge in [0.05, 0.1) is 11.0 Å². The van der Waals surface area contributed by atoms with E-state index in [0.717, 1.165) is 25.7 Å². The highest BCUT2D eigenvalue weighted by atomic mass is 16.6. The molecule has 7 heteroatoms. The minimum absolute atomic E-state index is 0.0446. The van der Waals surface area contributed by atoms with E-state index in [9.17, 15) is 14.9 Å². The minimum Gasteiger partial charge on any atom is -0.349 e. The minimum atomic E-state index is -0.494. The van der Waals surface area contributed by atoms with Crippen LogP contribution >= 0.6 is 0 Å². The third-order valence-corrected chi connectivity index (χ3v) is 4.35. The number of amides is 1. The van der Waals surface area contributed by atoms with E-state index < -0.39 is 4.92 Å². The second-order valence-electron chi connectivity index (χ2n) is 6.03. The second-order valence-corrected chi connectivity index (χ2v) is 6.03. The van der Waals surface area contributed by atoms with Crippen LogP contribution in [0.25, 0.3) is 0 Å². The lowest BCUT2D eigenvalue weighted by Crippen LogP contribution is -2.29. The zero-order chi connectivity index (χ0) is 16.9. The number of fused-ring (bicyclic) bond motifs is 1. The summed E-state index contributed by atoms with van der Waals surface area (Å²) >= 11 is 0. The van der Waals surface area contributed by atoms with Gasteiger partial charge in [-0.3, -0.25) is 19.6 Å². The Morgan fingerprint density at radius 3 is 3.00 bits per heavy atom. The lowest BCUT2D eigenvalue weighted by atomic mass is 9.99. The summed E-state index contributed by atoms with van der Waals surface area (Å²) in [5, 5.41) is 17.6. The SMILES string of the molecule is O=C(CCn1cc([N+](=O)[O-])cn1)NC1CCCCc2ccccc21. The average molecular weight is 328 g/mol. The fraction of sp³-hybridized carbons (Fsp3) is 0.412. The van der Waals surface area contributed by atoms with Gasteiger partial charge in [0.1, 0.15) is 12.4 Å². The molecule has 0 bridgehead atoms. The number of hydrogen-bond donors (Lipinski definition) is 1. The zero-order valence-electron chi connectivity index (χ0n) is 13.4. The van der Waals surface area contributed by atoms with E-state index in [1.165, 1.54) is 28.2 Å². The smallest absolute Gasteiger partial charge is 0.306 e. The summed E-state index contributed by atoms with van der Waals surface area (Å²) in [7, 11) is 0. The monoisotopic (exact) mass is 328 g/mol. The van der Waals surface area contributed by atoms with Crippen LogP contribution in [0, 0.1) is 10.1 Å². The van der Waals surface area contributed by atoms with Gasteiger partial charge < -0.3 is 5.32 Å². The number of carbonyl (C=O) groups is 1. The summed E-state index contributed by atoms with van der Waals surface area (Å²) in [6, 6.07) is 8.30. The summed E-state index contributed by atoms with van der Waals surface area (Å²) < 4.78 is 1.43. The Morgan fingerprint density at radius 1 is 1.38 bits per heavy atom. The lowest BCUT2D eigenvalue weighted by molar-refractivity contribution is -0.385. The van der Waals surface area contributed by atoms with Crippen molar-refractivity contribution < 1.29 is 9.72 Å². The Morgan fingerprint density at radius 2 is 2.21 bits per heavy atom. The highest BCUT2D eigenvalue weighted by Gasteiger charge is 2.20. The Balaban J connectivity index is 1.59. The molecule has 1 aliphatic rings. The summed E-state index contributed by atoms with van der Waals surface area (Å²) in [4.78, 5) is 22.4. The molecule has 1 atom stereocenters. The first-order valence-corrected chi connectivity index (χ1v) is 8.17. The number of nitro groups is 1. The second kappa shape index (κ2) is 7.25. The van der Waals surface area contributed by atoms with Crippen molar-refractivity contribution in [3.63, 3.8) is 0 Å². The van der Waals surface area contributed by atoms with Gasteiger partial charge in [-0.1, -0.05) is 30.7 Å². The molecule has 1 aliphatic carbocycles. The summed E-state index contributed by atoms with van der Waals surface area (Å²) in [6.07, 6.45) is 7.01. The molecular formula is C17H20N4O3. The van der Waals surface area contributed by atoms with Crippen LogP contribution in [-0.4, -0.2) is 20.6 Å². The van der Waals surface area contributed by atoms with Crippen molar-refractivity contribution in [2.24, 2.45) is 0 Å². The van der Waals surface area contributed by atoms with Gasteiger partial charge in [-0.05, 0) is 30.4 Å². The quantitative estimate of drug-likeness (QED) is 0.519. The molecule has 2 aromatic rings. The number of benzene rings is 1. The number of carbonyl (C=O) groups excluding carboxylic acids is 1. The first-order chi connectivity index (χ1) is 11.6. The number of rotatable bonds is 5. The van der Waals surface area contributed by atoms with E-state index in [2.05, 4.69) is 22.5 Å². The number of aromatic nitrogens is 2. The molecule has 3 rings (SSSR count). The molecule has 7 nitrogen and oxygen atoms in total. The average Bonchev–Trinajstić information content (AvgIpc) is 2.97. The van der Waals surface area contributed by atoms with Crippen molar-refractivity contribution in [3.8, 4) is 0 Å². The van der Waals surface area contributed by atoms with Crippen molar-refractivity contribution in [1.82, 2.24) is 15.1 Å². The summed E-state index contributed by atoms with van der Waals surface area (Å²) in [5.74, 6) is -0.0603. The third kappa shape index (κ3) is 3.79. The third-order valence-electron chi connectivity index (χ3n) is 4.35. The molecule has 1 N–H and O–H groups in total. The van der Waals surface area contributed by atoms with Crippen molar-refractivity contribution in [1.29, 1.82) is 0 Å². The van der Waals surface area contributed by atoms with E-state index in [0.29, 0.717) is 6.54 Å². The molecule has 1 aromatic heterocycles. The van der Waals surface area contributed by atoms with Crippen LogP contribution in [0.4, 0.5) is 5.69 Å². The molecule has 24 heavy (non-hydrogen) atoms. The largest absolute Gasteiger partial charge is 0.349 e. The normalized spacial score (nSPS) is 16.9.